The summed E-state index contributed by atoms with van der Waals surface area (Å²) in [6.07, 6.45) is 2.14. The summed E-state index contributed by atoms with van der Waals surface area (Å²) in [5.41, 5.74) is 5.76. The maximum atomic E-state index is 13.7. The van der Waals surface area contributed by atoms with Crippen LogP contribution < -0.4 is 15.8 Å². The van der Waals surface area contributed by atoms with Crippen LogP contribution in [0, 0.1) is 5.92 Å². The predicted octanol–water partition coefficient (Wildman–Crippen LogP) is 5.27. The molecule has 1 fully saturated rings. The molecule has 0 amide bonds. The number of benzene rings is 1. The molecular weight excluding hydrogens is 393 g/mol. The lowest BCUT2D eigenvalue weighted by atomic mass is 10.0. The monoisotopic (exact) mass is 422 g/mol. The van der Waals surface area contributed by atoms with Crippen LogP contribution in [-0.4, -0.2) is 28.7 Å². The number of nitrogens with one attached hydrogen (secondary N) is 1. The molecule has 164 valence electrons. The molecule has 8 heteroatoms. The largest absolute Gasteiger partial charge is 0.493 e. The van der Waals surface area contributed by atoms with Gasteiger partial charge in [0.1, 0.15) is 5.75 Å². The Kier molecular flexibility index (Phi) is 7.18. The van der Waals surface area contributed by atoms with Gasteiger partial charge in [0.15, 0.2) is 0 Å². The van der Waals surface area contributed by atoms with E-state index in [0.717, 1.165) is 31.7 Å². The van der Waals surface area contributed by atoms with Crippen LogP contribution >= 0.6 is 0 Å². The summed E-state index contributed by atoms with van der Waals surface area (Å²) in [6, 6.07) is 5.96. The number of halogens is 3. The molecule has 2 aromatic rings. The SMILES string of the molecule is CC(N)CC(C)COc1ccc(-c2ccnc(NC3CCCC3)n2)cc1C(F)(F)F. The molecule has 0 spiro atoms. The van der Waals surface area contributed by atoms with Crippen LogP contribution in [0.3, 0.4) is 0 Å². The molecule has 1 saturated carbocycles. The van der Waals surface area contributed by atoms with Gasteiger partial charge in [-0.1, -0.05) is 19.8 Å². The van der Waals surface area contributed by atoms with Crippen molar-refractivity contribution in [3.05, 3.63) is 36.0 Å². The van der Waals surface area contributed by atoms with Crippen molar-refractivity contribution in [3.8, 4) is 17.0 Å². The molecule has 1 aliphatic carbocycles. The van der Waals surface area contributed by atoms with Crippen molar-refractivity contribution in [2.75, 3.05) is 11.9 Å². The summed E-state index contributed by atoms with van der Waals surface area (Å²) in [4.78, 5) is 8.63. The van der Waals surface area contributed by atoms with Crippen LogP contribution in [0.4, 0.5) is 19.1 Å². The van der Waals surface area contributed by atoms with Crippen molar-refractivity contribution in [1.29, 1.82) is 0 Å². The van der Waals surface area contributed by atoms with Gasteiger partial charge in [-0.15, -0.1) is 0 Å². The van der Waals surface area contributed by atoms with Gasteiger partial charge in [-0.3, -0.25) is 0 Å². The van der Waals surface area contributed by atoms with Gasteiger partial charge in [0, 0.05) is 23.8 Å². The summed E-state index contributed by atoms with van der Waals surface area (Å²) in [5, 5.41) is 3.28. The van der Waals surface area contributed by atoms with Gasteiger partial charge in [0.05, 0.1) is 17.9 Å². The highest BCUT2D eigenvalue weighted by Gasteiger charge is 2.35. The van der Waals surface area contributed by atoms with Gasteiger partial charge in [-0.25, -0.2) is 9.97 Å². The van der Waals surface area contributed by atoms with Gasteiger partial charge in [-0.2, -0.15) is 13.2 Å². The predicted molar refractivity (Wildman–Crippen MR) is 111 cm³/mol. The number of rotatable bonds is 8. The molecule has 3 rings (SSSR count). The molecule has 3 N–H and O–H groups in total. The van der Waals surface area contributed by atoms with Crippen LogP contribution in [0.15, 0.2) is 30.5 Å². The highest BCUT2D eigenvalue weighted by atomic mass is 19.4. The number of nitrogens with two attached hydrogens (primary N) is 1. The molecule has 0 aliphatic heterocycles. The van der Waals surface area contributed by atoms with E-state index in [4.69, 9.17) is 10.5 Å². The second-order valence-corrected chi connectivity index (χ2v) is 8.23. The molecule has 5 nitrogen and oxygen atoms in total. The van der Waals surface area contributed by atoms with Crippen LogP contribution in [0.2, 0.25) is 0 Å². The van der Waals surface area contributed by atoms with Gasteiger partial charge in [0.2, 0.25) is 5.95 Å². The maximum Gasteiger partial charge on any atom is 0.419 e. The van der Waals surface area contributed by atoms with Crippen molar-refractivity contribution < 1.29 is 17.9 Å². The van der Waals surface area contributed by atoms with Crippen molar-refractivity contribution in [1.82, 2.24) is 9.97 Å². The molecule has 0 radical (unpaired) electrons. The summed E-state index contributed by atoms with van der Waals surface area (Å²) in [5.74, 6) is 0.316. The maximum absolute atomic E-state index is 13.7. The normalized spacial score (nSPS) is 17.0. The molecule has 0 bridgehead atoms. The Morgan fingerprint density at radius 1 is 1.20 bits per heavy atom. The molecule has 30 heavy (non-hydrogen) atoms. The lowest BCUT2D eigenvalue weighted by Crippen LogP contribution is -2.22. The van der Waals surface area contributed by atoms with E-state index >= 15 is 0 Å². The Morgan fingerprint density at radius 3 is 2.60 bits per heavy atom. The Balaban J connectivity index is 1.80. The fourth-order valence-electron chi connectivity index (χ4n) is 3.81. The summed E-state index contributed by atoms with van der Waals surface area (Å²) >= 11 is 0. The second-order valence-electron chi connectivity index (χ2n) is 8.23. The van der Waals surface area contributed by atoms with E-state index in [0.29, 0.717) is 29.7 Å². The summed E-state index contributed by atoms with van der Waals surface area (Å²) in [7, 11) is 0. The molecular formula is C22H29F3N4O. The lowest BCUT2D eigenvalue weighted by molar-refractivity contribution is -0.139. The Morgan fingerprint density at radius 2 is 1.93 bits per heavy atom. The smallest absolute Gasteiger partial charge is 0.419 e. The van der Waals surface area contributed by atoms with Crippen LogP contribution in [0.1, 0.15) is 51.5 Å². The minimum absolute atomic E-state index is 0.0298. The highest BCUT2D eigenvalue weighted by Crippen LogP contribution is 2.39. The number of hydrogen-bond donors (Lipinski definition) is 2. The first-order valence-electron chi connectivity index (χ1n) is 10.4. The van der Waals surface area contributed by atoms with E-state index in [1.807, 2.05) is 13.8 Å². The van der Waals surface area contributed by atoms with Gasteiger partial charge in [-0.05, 0) is 56.4 Å². The first-order valence-corrected chi connectivity index (χ1v) is 10.4. The standard InChI is InChI=1S/C22H29F3N4O/c1-14(11-15(2)26)13-30-20-8-7-16(12-18(20)22(23,24)25)19-9-10-27-21(29-19)28-17-5-3-4-6-17/h7-10,12,14-15,17H,3-6,11,13,26H2,1-2H3,(H,27,28,29). The Labute approximate surface area is 175 Å². The van der Waals surface area contributed by atoms with E-state index in [-0.39, 0.29) is 24.3 Å². The van der Waals surface area contributed by atoms with Crippen LogP contribution in [0.25, 0.3) is 11.3 Å². The van der Waals surface area contributed by atoms with E-state index in [2.05, 4.69) is 15.3 Å². The van der Waals surface area contributed by atoms with Gasteiger partial charge >= 0.3 is 6.18 Å². The molecule has 1 aliphatic rings. The van der Waals surface area contributed by atoms with Crippen LogP contribution in [0.5, 0.6) is 5.75 Å². The summed E-state index contributed by atoms with van der Waals surface area (Å²) < 4.78 is 46.6. The fraction of sp³-hybridized carbons (Fsp3) is 0.545. The van der Waals surface area contributed by atoms with Gasteiger partial charge in [0.25, 0.3) is 0 Å². The number of aromatic nitrogens is 2. The minimum atomic E-state index is -4.53. The lowest BCUT2D eigenvalue weighted by Gasteiger charge is -2.19. The number of alkyl halides is 3. The zero-order chi connectivity index (χ0) is 21.7. The number of ether oxygens (including phenoxy) is 1. The molecule has 2 atom stereocenters. The topological polar surface area (TPSA) is 73.1 Å². The number of nitrogens with zero attached hydrogens (tertiary/aromatic N) is 2. The third-order valence-corrected chi connectivity index (χ3v) is 5.22. The first kappa shape index (κ1) is 22.3. The summed E-state index contributed by atoms with van der Waals surface area (Å²) in [6.45, 7) is 3.95. The first-order chi connectivity index (χ1) is 14.2. The molecule has 2 unspecified atom stereocenters. The fourth-order valence-corrected chi connectivity index (χ4v) is 3.81. The number of hydrogen-bond acceptors (Lipinski definition) is 5. The van der Waals surface area contributed by atoms with E-state index in [1.54, 1.807) is 18.3 Å². The minimum Gasteiger partial charge on any atom is -0.493 e. The van der Waals surface area contributed by atoms with Crippen molar-refractivity contribution in [2.45, 2.75) is 64.2 Å². The Bertz CT molecular complexity index is 835. The second kappa shape index (κ2) is 9.64. The average Bonchev–Trinajstić information content (AvgIpc) is 3.18. The molecule has 1 aromatic heterocycles. The molecule has 1 heterocycles. The molecule has 1 aromatic carbocycles. The zero-order valence-electron chi connectivity index (χ0n) is 17.4. The quantitative estimate of drug-likeness (QED) is 0.606. The Hall–Kier alpha value is -2.35. The highest BCUT2D eigenvalue weighted by molar-refractivity contribution is 5.63. The van der Waals surface area contributed by atoms with Crippen molar-refractivity contribution in [2.24, 2.45) is 11.7 Å². The average molecular weight is 422 g/mol. The third-order valence-electron chi connectivity index (χ3n) is 5.22. The third kappa shape index (κ3) is 6.08. The molecule has 0 saturated heterocycles. The van der Waals surface area contributed by atoms with Crippen LogP contribution in [-0.2, 0) is 6.18 Å². The van der Waals surface area contributed by atoms with E-state index in [1.165, 1.54) is 6.07 Å². The van der Waals surface area contributed by atoms with Crippen molar-refractivity contribution >= 4 is 5.95 Å². The van der Waals surface area contributed by atoms with Crippen molar-refractivity contribution in [3.63, 3.8) is 0 Å². The van der Waals surface area contributed by atoms with Gasteiger partial charge < -0.3 is 15.8 Å². The van der Waals surface area contributed by atoms with E-state index in [9.17, 15) is 13.2 Å². The van der Waals surface area contributed by atoms with E-state index < -0.39 is 11.7 Å². The number of anilines is 1. The zero-order valence-corrected chi connectivity index (χ0v) is 17.4.